The van der Waals surface area contributed by atoms with Gasteiger partial charge in [-0.1, -0.05) is 0 Å². The zero-order chi connectivity index (χ0) is 25.8. The largest absolute Gasteiger partial charge is 0.379 e. The van der Waals surface area contributed by atoms with E-state index in [-0.39, 0.29) is 0 Å². The highest BCUT2D eigenvalue weighted by Crippen LogP contribution is 2.64. The molecule has 6 heterocycles. The zero-order valence-corrected chi connectivity index (χ0v) is 24.5. The number of hydrogen-bond acceptors (Lipinski definition) is 7. The van der Waals surface area contributed by atoms with Crippen LogP contribution in [0.5, 0.6) is 0 Å². The normalized spacial score (nSPS) is 34.5. The van der Waals surface area contributed by atoms with Gasteiger partial charge in [-0.15, -0.1) is 0 Å². The second kappa shape index (κ2) is 13.2. The van der Waals surface area contributed by atoms with Crippen LogP contribution in [0.15, 0.2) is 0 Å². The minimum absolute atomic E-state index is 0.494. The number of rotatable bonds is 9. The van der Waals surface area contributed by atoms with Gasteiger partial charge in [0.25, 0.3) is 0 Å². The van der Waals surface area contributed by atoms with Crippen molar-refractivity contribution < 1.29 is 14.2 Å². The molecule has 10 nitrogen and oxygen atoms in total. The Bertz CT molecular complexity index is 691. The minimum Gasteiger partial charge on any atom is -0.379 e. The fourth-order valence-corrected chi connectivity index (χ4v) is 11.9. The topological polar surface area (TPSA) is 71.0 Å². The van der Waals surface area contributed by atoms with E-state index in [0.29, 0.717) is 18.1 Å². The predicted octanol–water partition coefficient (Wildman–Crippen LogP) is 1.90. The zero-order valence-electron chi connectivity index (χ0n) is 23.6. The van der Waals surface area contributed by atoms with E-state index in [1.165, 1.54) is 38.5 Å². The number of ether oxygens (including phenoxy) is 3. The molecule has 11 heteroatoms. The fraction of sp³-hybridized carbons (Fsp3) is 1.00. The SMILES string of the molecule is N=P(N1CCC[C@H]1CN1CCOCC1)(N1CCC[C@H]1CN1CCOCC1)N1CCC[C@H]1CN1CCOCC1. The Morgan fingerprint density at radius 1 is 0.474 bits per heavy atom. The summed E-state index contributed by atoms with van der Waals surface area (Å²) in [5.41, 5.74) is 0. The van der Waals surface area contributed by atoms with Crippen molar-refractivity contribution in [3.63, 3.8) is 0 Å². The fourth-order valence-electron chi connectivity index (χ4n) is 7.81. The van der Waals surface area contributed by atoms with Gasteiger partial charge in [0.05, 0.1) is 39.6 Å². The predicted molar refractivity (Wildman–Crippen MR) is 151 cm³/mol. The van der Waals surface area contributed by atoms with Gasteiger partial charge in [-0.2, -0.15) is 0 Å². The van der Waals surface area contributed by atoms with Crippen molar-refractivity contribution in [2.45, 2.75) is 56.7 Å². The molecule has 0 radical (unpaired) electrons. The lowest BCUT2D eigenvalue weighted by atomic mass is 10.2. The van der Waals surface area contributed by atoms with Crippen LogP contribution in [-0.2, 0) is 14.2 Å². The van der Waals surface area contributed by atoms with Crippen LogP contribution in [0.25, 0.3) is 0 Å². The molecule has 0 aromatic carbocycles. The van der Waals surface area contributed by atoms with Crippen LogP contribution < -0.4 is 0 Å². The summed E-state index contributed by atoms with van der Waals surface area (Å²) in [6.07, 6.45) is 7.42. The number of nitrogens with one attached hydrogen (secondary N) is 1. The lowest BCUT2D eigenvalue weighted by Crippen LogP contribution is -2.53. The van der Waals surface area contributed by atoms with Gasteiger partial charge >= 0.3 is 0 Å². The Labute approximate surface area is 230 Å². The molecule has 1 N–H and O–H groups in total. The Morgan fingerprint density at radius 2 is 0.763 bits per heavy atom. The molecule has 0 unspecified atom stereocenters. The summed E-state index contributed by atoms with van der Waals surface area (Å²) in [5.74, 6) is 0. The summed E-state index contributed by atoms with van der Waals surface area (Å²) in [4.78, 5) is 7.84. The molecule has 6 saturated heterocycles. The van der Waals surface area contributed by atoms with Gasteiger partial charge < -0.3 is 14.2 Å². The first kappa shape index (κ1) is 28.0. The van der Waals surface area contributed by atoms with E-state index in [2.05, 4.69) is 28.7 Å². The molecule has 3 atom stereocenters. The standard InChI is InChI=1S/C27H52N7O3P/c28-38(32-7-1-4-25(32)22-29-10-16-35-17-11-29,33-8-2-5-26(33)23-30-12-18-36-19-13-30)34-9-3-6-27(34)24-31-14-20-37-21-15-31/h25-28H,1-24H2/t25-,26-,27-/m0/s1. The van der Waals surface area contributed by atoms with Gasteiger partial charge in [0, 0.05) is 96.7 Å². The third kappa shape index (κ3) is 6.20. The molecular weight excluding hydrogens is 501 g/mol. The molecule has 0 bridgehead atoms. The molecule has 6 rings (SSSR count). The molecule has 38 heavy (non-hydrogen) atoms. The average molecular weight is 554 g/mol. The van der Waals surface area contributed by atoms with E-state index in [4.69, 9.17) is 14.2 Å². The first-order valence-corrected chi connectivity index (χ1v) is 17.2. The first-order chi connectivity index (χ1) is 18.7. The summed E-state index contributed by atoms with van der Waals surface area (Å²) in [5, 5.41) is 10.7. The quantitative estimate of drug-likeness (QED) is 0.431. The third-order valence-electron chi connectivity index (χ3n) is 9.83. The Balaban J connectivity index is 1.26. The van der Waals surface area contributed by atoms with E-state index >= 15 is 0 Å². The summed E-state index contributed by atoms with van der Waals surface area (Å²) in [6.45, 7) is 18.0. The molecular formula is C27H52N7O3P. The number of morpholine rings is 3. The molecule has 0 aliphatic carbocycles. The highest BCUT2D eigenvalue weighted by molar-refractivity contribution is 7.57. The van der Waals surface area contributed by atoms with Crippen LogP contribution in [0, 0.1) is 5.16 Å². The van der Waals surface area contributed by atoms with Crippen molar-refractivity contribution in [3.8, 4) is 0 Å². The van der Waals surface area contributed by atoms with Gasteiger partial charge in [0.1, 0.15) is 0 Å². The molecule has 0 spiro atoms. The van der Waals surface area contributed by atoms with Gasteiger partial charge in [0.2, 0.25) is 0 Å². The van der Waals surface area contributed by atoms with Crippen molar-refractivity contribution in [3.05, 3.63) is 0 Å². The molecule has 6 fully saturated rings. The van der Waals surface area contributed by atoms with E-state index in [0.717, 1.165) is 118 Å². The maximum absolute atomic E-state index is 10.7. The summed E-state index contributed by atoms with van der Waals surface area (Å²) >= 11 is 0. The van der Waals surface area contributed by atoms with Crippen LogP contribution in [0.2, 0.25) is 0 Å². The van der Waals surface area contributed by atoms with Gasteiger partial charge in [-0.25, -0.2) is 14.0 Å². The molecule has 0 aromatic heterocycles. The van der Waals surface area contributed by atoms with Crippen LogP contribution in [0.4, 0.5) is 0 Å². The summed E-state index contributed by atoms with van der Waals surface area (Å²) in [7, 11) is -2.41. The average Bonchev–Trinajstić information content (AvgIpc) is 3.72. The maximum Gasteiger partial charge on any atom is 0.166 e. The van der Waals surface area contributed by atoms with Gasteiger partial charge in [-0.05, 0) is 38.5 Å². The molecule has 6 aliphatic heterocycles. The molecule has 0 aromatic rings. The van der Waals surface area contributed by atoms with Crippen molar-refractivity contribution >= 4 is 7.51 Å². The Hall–Kier alpha value is -0.130. The van der Waals surface area contributed by atoms with E-state index in [1.54, 1.807) is 0 Å². The van der Waals surface area contributed by atoms with Gasteiger partial charge in [-0.3, -0.25) is 19.9 Å². The smallest absolute Gasteiger partial charge is 0.166 e. The summed E-state index contributed by atoms with van der Waals surface area (Å²) in [6, 6.07) is 1.48. The number of nitrogens with zero attached hydrogens (tertiary/aromatic N) is 6. The maximum atomic E-state index is 10.7. The molecule has 0 saturated carbocycles. The number of hydrogen-bond donors (Lipinski definition) is 1. The minimum atomic E-state index is -2.41. The van der Waals surface area contributed by atoms with Crippen molar-refractivity contribution in [2.24, 2.45) is 0 Å². The lowest BCUT2D eigenvalue weighted by molar-refractivity contribution is 0.0268. The highest BCUT2D eigenvalue weighted by atomic mass is 31.2. The Morgan fingerprint density at radius 3 is 1.05 bits per heavy atom. The highest BCUT2D eigenvalue weighted by Gasteiger charge is 2.51. The van der Waals surface area contributed by atoms with Crippen LogP contribution in [0.3, 0.4) is 0 Å². The van der Waals surface area contributed by atoms with E-state index < -0.39 is 7.51 Å². The molecule has 6 aliphatic rings. The lowest BCUT2D eigenvalue weighted by Gasteiger charge is -2.51. The first-order valence-electron chi connectivity index (χ1n) is 15.6. The van der Waals surface area contributed by atoms with E-state index in [1.807, 2.05) is 0 Å². The summed E-state index contributed by atoms with van der Waals surface area (Å²) < 4.78 is 25.3. The molecule has 218 valence electrons. The van der Waals surface area contributed by atoms with Gasteiger partial charge in [0.15, 0.2) is 7.51 Å². The third-order valence-corrected chi connectivity index (χ3v) is 13.6. The monoisotopic (exact) mass is 553 g/mol. The van der Waals surface area contributed by atoms with Crippen LogP contribution in [-0.4, -0.2) is 165 Å². The van der Waals surface area contributed by atoms with Crippen molar-refractivity contribution in [2.75, 3.05) is 118 Å². The van der Waals surface area contributed by atoms with Crippen LogP contribution >= 0.6 is 7.51 Å². The second-order valence-corrected chi connectivity index (χ2v) is 14.9. The molecule has 0 amide bonds. The van der Waals surface area contributed by atoms with Crippen molar-refractivity contribution in [1.82, 2.24) is 28.7 Å². The second-order valence-electron chi connectivity index (χ2n) is 12.2. The van der Waals surface area contributed by atoms with Crippen molar-refractivity contribution in [1.29, 1.82) is 5.16 Å². The van der Waals surface area contributed by atoms with E-state index in [9.17, 15) is 5.16 Å². The Kier molecular flexibility index (Phi) is 9.76. The van der Waals surface area contributed by atoms with Crippen LogP contribution in [0.1, 0.15) is 38.5 Å².